The Morgan fingerprint density at radius 3 is 2.50 bits per heavy atom. The van der Waals surface area contributed by atoms with Crippen molar-refractivity contribution in [2.45, 2.75) is 33.6 Å². The van der Waals surface area contributed by atoms with E-state index in [1.165, 1.54) is 29.4 Å². The van der Waals surface area contributed by atoms with Crippen molar-refractivity contribution < 1.29 is 9.53 Å². The molecule has 0 aliphatic carbocycles. The number of thiazole rings is 1. The summed E-state index contributed by atoms with van der Waals surface area (Å²) in [6.07, 6.45) is 1.01. The summed E-state index contributed by atoms with van der Waals surface area (Å²) >= 11 is 1.63. The first kappa shape index (κ1) is 14.7. The van der Waals surface area contributed by atoms with Gasteiger partial charge in [0.05, 0.1) is 19.2 Å². The van der Waals surface area contributed by atoms with E-state index in [0.29, 0.717) is 12.8 Å². The fourth-order valence-corrected chi connectivity index (χ4v) is 3.41. The number of rotatable bonds is 4. The molecule has 0 atom stereocenters. The number of esters is 1. The van der Waals surface area contributed by atoms with E-state index in [1.807, 2.05) is 5.38 Å². The predicted molar refractivity (Wildman–Crippen MR) is 82.1 cm³/mol. The first-order valence-electron chi connectivity index (χ1n) is 6.60. The molecule has 0 amide bonds. The van der Waals surface area contributed by atoms with Gasteiger partial charge in [0.15, 0.2) is 0 Å². The van der Waals surface area contributed by atoms with Crippen LogP contribution in [0.15, 0.2) is 17.5 Å². The molecule has 0 aliphatic rings. The van der Waals surface area contributed by atoms with Crippen LogP contribution in [0.25, 0.3) is 10.6 Å². The van der Waals surface area contributed by atoms with Gasteiger partial charge >= 0.3 is 5.97 Å². The molecule has 0 saturated heterocycles. The lowest BCUT2D eigenvalue weighted by Crippen LogP contribution is -2.02. The SMILES string of the molecule is COC(=O)CCc1csc(-c2c(C)cc(C)cc2C)n1. The van der Waals surface area contributed by atoms with Crippen LogP contribution in [0.3, 0.4) is 0 Å². The van der Waals surface area contributed by atoms with Gasteiger partial charge in [0.25, 0.3) is 0 Å². The van der Waals surface area contributed by atoms with Gasteiger partial charge in [-0.15, -0.1) is 11.3 Å². The van der Waals surface area contributed by atoms with E-state index >= 15 is 0 Å². The average Bonchev–Trinajstić information content (AvgIpc) is 2.83. The van der Waals surface area contributed by atoms with Gasteiger partial charge in [0.1, 0.15) is 5.01 Å². The van der Waals surface area contributed by atoms with E-state index in [0.717, 1.165) is 10.7 Å². The molecule has 0 bridgehead atoms. The molecule has 1 heterocycles. The number of hydrogen-bond acceptors (Lipinski definition) is 4. The summed E-state index contributed by atoms with van der Waals surface area (Å²) in [5.74, 6) is -0.192. The van der Waals surface area contributed by atoms with Gasteiger partial charge in [-0.2, -0.15) is 0 Å². The van der Waals surface area contributed by atoms with Gasteiger partial charge in [0.2, 0.25) is 0 Å². The number of aromatic nitrogens is 1. The fourth-order valence-electron chi connectivity index (χ4n) is 2.39. The quantitative estimate of drug-likeness (QED) is 0.803. The zero-order chi connectivity index (χ0) is 14.7. The van der Waals surface area contributed by atoms with E-state index < -0.39 is 0 Å². The Morgan fingerprint density at radius 1 is 1.25 bits per heavy atom. The standard InChI is InChI=1S/C16H19NO2S/c1-10-7-11(2)15(12(3)8-10)16-17-13(9-20-16)5-6-14(18)19-4/h7-9H,5-6H2,1-4H3. The number of ether oxygens (including phenoxy) is 1. The minimum Gasteiger partial charge on any atom is -0.469 e. The van der Waals surface area contributed by atoms with Crippen LogP contribution >= 0.6 is 11.3 Å². The van der Waals surface area contributed by atoms with Crippen molar-refractivity contribution >= 4 is 17.3 Å². The minimum atomic E-state index is -0.192. The van der Waals surface area contributed by atoms with Crippen LogP contribution < -0.4 is 0 Å². The zero-order valence-corrected chi connectivity index (χ0v) is 13.1. The molecular formula is C16H19NO2S. The Bertz CT molecular complexity index is 608. The molecule has 4 heteroatoms. The van der Waals surface area contributed by atoms with Crippen LogP contribution in [0.1, 0.15) is 28.8 Å². The molecule has 1 aromatic heterocycles. The number of carbonyl (C=O) groups is 1. The molecule has 0 spiro atoms. The maximum atomic E-state index is 11.2. The summed E-state index contributed by atoms with van der Waals surface area (Å²) in [4.78, 5) is 15.8. The highest BCUT2D eigenvalue weighted by atomic mass is 32.1. The molecular weight excluding hydrogens is 270 g/mol. The van der Waals surface area contributed by atoms with Crippen LogP contribution in [0, 0.1) is 20.8 Å². The summed E-state index contributed by atoms with van der Waals surface area (Å²) in [7, 11) is 1.41. The summed E-state index contributed by atoms with van der Waals surface area (Å²) in [6, 6.07) is 4.36. The third-order valence-corrected chi connectivity index (χ3v) is 4.16. The van der Waals surface area contributed by atoms with Crippen molar-refractivity contribution in [2.75, 3.05) is 7.11 Å². The molecule has 0 N–H and O–H groups in total. The second kappa shape index (κ2) is 6.18. The topological polar surface area (TPSA) is 39.2 Å². The molecule has 106 valence electrons. The fraction of sp³-hybridized carbons (Fsp3) is 0.375. The molecule has 1 aromatic carbocycles. The number of carbonyl (C=O) groups excluding carboxylic acids is 1. The maximum absolute atomic E-state index is 11.2. The van der Waals surface area contributed by atoms with E-state index in [9.17, 15) is 4.79 Å². The van der Waals surface area contributed by atoms with Crippen molar-refractivity contribution in [1.29, 1.82) is 0 Å². The Morgan fingerprint density at radius 2 is 1.90 bits per heavy atom. The molecule has 2 rings (SSSR count). The first-order valence-corrected chi connectivity index (χ1v) is 7.48. The Balaban J connectivity index is 2.23. The third-order valence-electron chi connectivity index (χ3n) is 3.26. The van der Waals surface area contributed by atoms with Crippen LogP contribution in [0.4, 0.5) is 0 Å². The largest absolute Gasteiger partial charge is 0.469 e. The van der Waals surface area contributed by atoms with Crippen LogP contribution in [-0.2, 0) is 16.0 Å². The second-order valence-corrected chi connectivity index (χ2v) is 5.85. The Kier molecular flexibility index (Phi) is 4.55. The molecule has 0 unspecified atom stereocenters. The van der Waals surface area contributed by atoms with Gasteiger partial charge in [-0.1, -0.05) is 17.7 Å². The van der Waals surface area contributed by atoms with E-state index in [2.05, 4.69) is 42.6 Å². The summed E-state index contributed by atoms with van der Waals surface area (Å²) in [6.45, 7) is 6.34. The van der Waals surface area contributed by atoms with Gasteiger partial charge in [0, 0.05) is 17.4 Å². The number of aryl methyl sites for hydroxylation is 4. The molecule has 20 heavy (non-hydrogen) atoms. The average molecular weight is 289 g/mol. The van der Waals surface area contributed by atoms with Crippen molar-refractivity contribution in [3.8, 4) is 10.6 Å². The molecule has 0 radical (unpaired) electrons. The highest BCUT2D eigenvalue weighted by Crippen LogP contribution is 2.31. The number of hydrogen-bond donors (Lipinski definition) is 0. The molecule has 0 saturated carbocycles. The number of nitrogens with zero attached hydrogens (tertiary/aromatic N) is 1. The van der Waals surface area contributed by atoms with Gasteiger partial charge < -0.3 is 4.74 Å². The molecule has 2 aromatic rings. The number of benzene rings is 1. The van der Waals surface area contributed by atoms with E-state index in [4.69, 9.17) is 0 Å². The number of methoxy groups -OCH3 is 1. The predicted octanol–water partition coefficient (Wildman–Crippen LogP) is 3.84. The minimum absolute atomic E-state index is 0.192. The highest BCUT2D eigenvalue weighted by Gasteiger charge is 2.12. The van der Waals surface area contributed by atoms with Gasteiger partial charge in [-0.3, -0.25) is 4.79 Å². The monoisotopic (exact) mass is 289 g/mol. The van der Waals surface area contributed by atoms with E-state index in [1.54, 1.807) is 11.3 Å². The summed E-state index contributed by atoms with van der Waals surface area (Å²) in [5, 5.41) is 3.05. The highest BCUT2D eigenvalue weighted by molar-refractivity contribution is 7.13. The third kappa shape index (κ3) is 3.25. The Labute approximate surface area is 123 Å². The van der Waals surface area contributed by atoms with Crippen molar-refractivity contribution in [1.82, 2.24) is 4.98 Å². The Hall–Kier alpha value is -1.68. The van der Waals surface area contributed by atoms with Crippen molar-refractivity contribution in [2.24, 2.45) is 0 Å². The van der Waals surface area contributed by atoms with E-state index in [-0.39, 0.29) is 5.97 Å². The first-order chi connectivity index (χ1) is 9.51. The maximum Gasteiger partial charge on any atom is 0.305 e. The normalized spacial score (nSPS) is 10.6. The molecule has 0 fully saturated rings. The molecule has 0 aliphatic heterocycles. The zero-order valence-electron chi connectivity index (χ0n) is 12.3. The van der Waals surface area contributed by atoms with Crippen molar-refractivity contribution in [3.63, 3.8) is 0 Å². The van der Waals surface area contributed by atoms with Gasteiger partial charge in [-0.05, 0) is 31.9 Å². The lowest BCUT2D eigenvalue weighted by atomic mass is 10.0. The summed E-state index contributed by atoms with van der Waals surface area (Å²) < 4.78 is 4.65. The lowest BCUT2D eigenvalue weighted by Gasteiger charge is -2.08. The van der Waals surface area contributed by atoms with Crippen molar-refractivity contribution in [3.05, 3.63) is 39.9 Å². The lowest BCUT2D eigenvalue weighted by molar-refractivity contribution is -0.140. The van der Waals surface area contributed by atoms with Crippen LogP contribution in [0.2, 0.25) is 0 Å². The second-order valence-electron chi connectivity index (χ2n) is 4.99. The van der Waals surface area contributed by atoms with Crippen LogP contribution in [0.5, 0.6) is 0 Å². The smallest absolute Gasteiger partial charge is 0.305 e. The molecule has 3 nitrogen and oxygen atoms in total. The summed E-state index contributed by atoms with van der Waals surface area (Å²) in [5.41, 5.74) is 5.93. The van der Waals surface area contributed by atoms with Gasteiger partial charge in [-0.25, -0.2) is 4.98 Å². The van der Waals surface area contributed by atoms with Crippen LogP contribution in [-0.4, -0.2) is 18.1 Å².